The molecule has 0 heterocycles. The Kier molecular flexibility index (Phi) is 3.14. The zero-order chi connectivity index (χ0) is 5.70. The fourth-order valence-electron chi connectivity index (χ4n) is 0.144. The molecular weight excluding hydrogens is 94.0 g/mol. The molecule has 0 unspecified atom stereocenters. The molecule has 0 aliphatic carbocycles. The minimum Gasteiger partial charge on any atom is -0.394 e. The molecular formula is C4H7NO2. The lowest BCUT2D eigenvalue weighted by atomic mass is 10.4. The first kappa shape index (κ1) is 6.30. The van der Waals surface area contributed by atoms with E-state index in [1.807, 2.05) is 0 Å². The topological polar surface area (TPSA) is 49.7 Å². The van der Waals surface area contributed by atoms with Gasteiger partial charge in [-0.2, -0.15) is 0 Å². The van der Waals surface area contributed by atoms with E-state index in [0.717, 1.165) is 0 Å². The van der Waals surface area contributed by atoms with Crippen LogP contribution < -0.4 is 0 Å². The van der Waals surface area contributed by atoms with E-state index in [1.165, 1.54) is 0 Å². The van der Waals surface area contributed by atoms with Gasteiger partial charge in [0.1, 0.15) is 12.3 Å². The zero-order valence-corrected chi connectivity index (χ0v) is 3.87. The summed E-state index contributed by atoms with van der Waals surface area (Å²) in [5.41, 5.74) is 0. The molecule has 3 heteroatoms. The smallest absolute Gasteiger partial charge is 0.146 e. The monoisotopic (exact) mass is 101 g/mol. The van der Waals surface area contributed by atoms with Crippen molar-refractivity contribution >= 4 is 13.0 Å². The molecule has 0 saturated carbocycles. The first-order valence-corrected chi connectivity index (χ1v) is 1.87. The van der Waals surface area contributed by atoms with Crippen LogP contribution in [-0.2, 0) is 4.79 Å². The van der Waals surface area contributed by atoms with Gasteiger partial charge in [-0.05, 0) is 6.72 Å². The molecule has 3 nitrogen and oxygen atoms in total. The van der Waals surface area contributed by atoms with Crippen LogP contribution in [0.2, 0.25) is 0 Å². The quantitative estimate of drug-likeness (QED) is 0.375. The number of nitrogens with zero attached hydrogens (tertiary/aromatic N) is 1. The molecule has 0 saturated heterocycles. The highest BCUT2D eigenvalue weighted by Gasteiger charge is 1.95. The summed E-state index contributed by atoms with van der Waals surface area (Å²) in [6.07, 6.45) is 0.549. The average Bonchev–Trinajstić information content (AvgIpc) is 1.72. The summed E-state index contributed by atoms with van der Waals surface area (Å²) in [7, 11) is 0. The van der Waals surface area contributed by atoms with Crippen LogP contribution in [-0.4, -0.2) is 30.8 Å². The third kappa shape index (κ3) is 2.05. The molecule has 1 atom stereocenters. The fourth-order valence-corrected chi connectivity index (χ4v) is 0.144. The lowest BCUT2D eigenvalue weighted by molar-refractivity contribution is -0.109. The molecule has 0 spiro atoms. The predicted octanol–water partition coefficient (Wildman–Crippen LogP) is -0.753. The molecule has 40 valence electrons. The van der Waals surface area contributed by atoms with Gasteiger partial charge in [0.25, 0.3) is 0 Å². The summed E-state index contributed by atoms with van der Waals surface area (Å²) in [6.45, 7) is 2.82. The number of carbonyl (C=O) groups excluding carboxylic acids is 1. The standard InChI is InChI=1S/C4H7NO2/c1-5-4(2-6)3-7/h2,4,7H,1,3H2/t4-/m1/s1. The van der Waals surface area contributed by atoms with Crippen molar-refractivity contribution in [2.24, 2.45) is 4.99 Å². The highest BCUT2D eigenvalue weighted by molar-refractivity contribution is 5.59. The minimum atomic E-state index is -0.625. The average molecular weight is 101 g/mol. The van der Waals surface area contributed by atoms with Gasteiger partial charge in [0.05, 0.1) is 6.61 Å². The van der Waals surface area contributed by atoms with Crippen molar-refractivity contribution in [3.05, 3.63) is 0 Å². The summed E-state index contributed by atoms with van der Waals surface area (Å²) in [5.74, 6) is 0. The number of rotatable bonds is 3. The minimum absolute atomic E-state index is 0.243. The number of carbonyl (C=O) groups is 1. The SMILES string of the molecule is C=N[C@H](C=O)CO. The van der Waals surface area contributed by atoms with E-state index in [2.05, 4.69) is 11.7 Å². The third-order valence-corrected chi connectivity index (χ3v) is 0.579. The second-order valence-electron chi connectivity index (χ2n) is 1.07. The van der Waals surface area contributed by atoms with Crippen molar-refractivity contribution in [2.75, 3.05) is 6.61 Å². The molecule has 0 amide bonds. The van der Waals surface area contributed by atoms with E-state index >= 15 is 0 Å². The van der Waals surface area contributed by atoms with Gasteiger partial charge >= 0.3 is 0 Å². The molecule has 0 aromatic carbocycles. The Labute approximate surface area is 41.7 Å². The number of hydrogen-bond acceptors (Lipinski definition) is 3. The van der Waals surface area contributed by atoms with E-state index in [0.29, 0.717) is 6.29 Å². The summed E-state index contributed by atoms with van der Waals surface area (Å²) >= 11 is 0. The Morgan fingerprint density at radius 3 is 2.57 bits per heavy atom. The number of aliphatic hydroxyl groups is 1. The highest BCUT2D eigenvalue weighted by atomic mass is 16.3. The van der Waals surface area contributed by atoms with E-state index in [4.69, 9.17) is 5.11 Å². The van der Waals surface area contributed by atoms with Gasteiger partial charge in [-0.1, -0.05) is 0 Å². The van der Waals surface area contributed by atoms with Crippen molar-refractivity contribution in [3.63, 3.8) is 0 Å². The fraction of sp³-hybridized carbons (Fsp3) is 0.500. The Hall–Kier alpha value is -0.700. The number of aldehydes is 1. The van der Waals surface area contributed by atoms with Gasteiger partial charge in [-0.15, -0.1) is 0 Å². The van der Waals surface area contributed by atoms with Crippen LogP contribution in [0.3, 0.4) is 0 Å². The van der Waals surface area contributed by atoms with Crippen molar-refractivity contribution in [1.29, 1.82) is 0 Å². The molecule has 0 aliphatic heterocycles. The van der Waals surface area contributed by atoms with Crippen molar-refractivity contribution in [2.45, 2.75) is 6.04 Å². The third-order valence-electron chi connectivity index (χ3n) is 0.579. The Morgan fingerprint density at radius 1 is 2.00 bits per heavy atom. The van der Waals surface area contributed by atoms with Gasteiger partial charge in [0.15, 0.2) is 0 Å². The van der Waals surface area contributed by atoms with E-state index in [1.54, 1.807) is 0 Å². The van der Waals surface area contributed by atoms with Crippen LogP contribution in [0.25, 0.3) is 0 Å². The van der Waals surface area contributed by atoms with Crippen LogP contribution in [0, 0.1) is 0 Å². The van der Waals surface area contributed by atoms with Crippen LogP contribution in [0.15, 0.2) is 4.99 Å². The number of aliphatic imine (C=N–C) groups is 1. The van der Waals surface area contributed by atoms with Crippen LogP contribution in [0.1, 0.15) is 0 Å². The molecule has 0 fully saturated rings. The molecule has 0 bridgehead atoms. The second kappa shape index (κ2) is 3.49. The molecule has 0 radical (unpaired) electrons. The van der Waals surface area contributed by atoms with Crippen molar-refractivity contribution in [1.82, 2.24) is 0 Å². The van der Waals surface area contributed by atoms with Gasteiger partial charge in [0.2, 0.25) is 0 Å². The summed E-state index contributed by atoms with van der Waals surface area (Å²) < 4.78 is 0. The van der Waals surface area contributed by atoms with E-state index in [-0.39, 0.29) is 6.61 Å². The summed E-state index contributed by atoms with van der Waals surface area (Å²) in [6, 6.07) is -0.625. The second-order valence-corrected chi connectivity index (χ2v) is 1.07. The first-order valence-electron chi connectivity index (χ1n) is 1.87. The number of hydrogen-bond donors (Lipinski definition) is 1. The molecule has 7 heavy (non-hydrogen) atoms. The van der Waals surface area contributed by atoms with Gasteiger partial charge in [0, 0.05) is 0 Å². The maximum absolute atomic E-state index is 9.67. The molecule has 0 aromatic rings. The summed E-state index contributed by atoms with van der Waals surface area (Å²) in [5, 5.41) is 8.16. The van der Waals surface area contributed by atoms with Gasteiger partial charge in [-0.25, -0.2) is 0 Å². The maximum atomic E-state index is 9.67. The van der Waals surface area contributed by atoms with E-state index < -0.39 is 6.04 Å². The molecule has 0 aromatic heterocycles. The lowest BCUT2D eigenvalue weighted by Gasteiger charge is -1.92. The molecule has 0 rings (SSSR count). The van der Waals surface area contributed by atoms with Gasteiger partial charge < -0.3 is 9.90 Å². The first-order chi connectivity index (χ1) is 3.35. The molecule has 1 N–H and O–H groups in total. The largest absolute Gasteiger partial charge is 0.394 e. The van der Waals surface area contributed by atoms with Crippen molar-refractivity contribution < 1.29 is 9.90 Å². The van der Waals surface area contributed by atoms with Crippen molar-refractivity contribution in [3.8, 4) is 0 Å². The van der Waals surface area contributed by atoms with E-state index in [9.17, 15) is 4.79 Å². The Bertz CT molecular complexity index is 64.1. The normalized spacial score (nSPS) is 12.7. The zero-order valence-electron chi connectivity index (χ0n) is 3.87. The van der Waals surface area contributed by atoms with Crippen LogP contribution in [0.4, 0.5) is 0 Å². The predicted molar refractivity (Wildman–Crippen MR) is 26.5 cm³/mol. The Balaban J connectivity index is 3.36. The highest BCUT2D eigenvalue weighted by Crippen LogP contribution is 1.77. The van der Waals surface area contributed by atoms with Crippen LogP contribution in [0.5, 0.6) is 0 Å². The molecule has 0 aliphatic rings. The summed E-state index contributed by atoms with van der Waals surface area (Å²) in [4.78, 5) is 12.9. The van der Waals surface area contributed by atoms with Gasteiger partial charge in [-0.3, -0.25) is 4.99 Å². The maximum Gasteiger partial charge on any atom is 0.146 e. The Morgan fingerprint density at radius 2 is 2.57 bits per heavy atom. The number of aliphatic hydroxyl groups excluding tert-OH is 1. The van der Waals surface area contributed by atoms with Crippen LogP contribution >= 0.6 is 0 Å². The lowest BCUT2D eigenvalue weighted by Crippen LogP contribution is -2.09.